The molecule has 0 spiro atoms. The number of benzene rings is 1. The van der Waals surface area contributed by atoms with Gasteiger partial charge in [0.2, 0.25) is 5.76 Å². The molecule has 1 aromatic heterocycles. The van der Waals surface area contributed by atoms with E-state index in [2.05, 4.69) is 10.6 Å². The number of hydrogen-bond acceptors (Lipinski definition) is 6. The van der Waals surface area contributed by atoms with Crippen LogP contribution in [-0.4, -0.2) is 24.2 Å². The van der Waals surface area contributed by atoms with E-state index in [1.165, 1.54) is 19.4 Å². The Morgan fingerprint density at radius 1 is 1.15 bits per heavy atom. The summed E-state index contributed by atoms with van der Waals surface area (Å²) in [5.41, 5.74) is 1.83. The Bertz CT molecular complexity index is 871. The molecule has 3 rings (SSSR count). The number of allylic oxidation sites excluding steroid dienone is 1. The second-order valence-electron chi connectivity index (χ2n) is 5.50. The zero-order valence-corrected chi connectivity index (χ0v) is 14.9. The summed E-state index contributed by atoms with van der Waals surface area (Å²) in [6.07, 6.45) is 1.40. The van der Waals surface area contributed by atoms with Crippen LogP contribution >= 0.6 is 12.2 Å². The fourth-order valence-electron chi connectivity index (χ4n) is 2.60. The van der Waals surface area contributed by atoms with Crippen LogP contribution in [0.2, 0.25) is 0 Å². The number of methoxy groups -OCH3 is 1. The van der Waals surface area contributed by atoms with Crippen LogP contribution in [0.3, 0.4) is 0 Å². The van der Waals surface area contributed by atoms with Crippen molar-refractivity contribution in [2.24, 2.45) is 0 Å². The van der Waals surface area contributed by atoms with Crippen molar-refractivity contribution in [2.75, 3.05) is 7.11 Å². The van der Waals surface area contributed by atoms with Crippen LogP contribution in [0.1, 0.15) is 29.1 Å². The lowest BCUT2D eigenvalue weighted by Crippen LogP contribution is -2.45. The Morgan fingerprint density at radius 3 is 2.50 bits per heavy atom. The van der Waals surface area contributed by atoms with E-state index in [1.807, 2.05) is 0 Å². The van der Waals surface area contributed by atoms with Gasteiger partial charge in [-0.05, 0) is 49.0 Å². The van der Waals surface area contributed by atoms with E-state index in [-0.39, 0.29) is 5.76 Å². The van der Waals surface area contributed by atoms with Crippen LogP contribution in [0.4, 0.5) is 0 Å². The first kappa shape index (κ1) is 17.7. The number of ether oxygens (including phenoxy) is 2. The van der Waals surface area contributed by atoms with Gasteiger partial charge in [-0.2, -0.15) is 0 Å². The first-order chi connectivity index (χ1) is 12.5. The van der Waals surface area contributed by atoms with E-state index in [9.17, 15) is 9.59 Å². The maximum Gasteiger partial charge on any atom is 0.379 e. The van der Waals surface area contributed by atoms with Crippen LogP contribution < -0.4 is 15.4 Å². The summed E-state index contributed by atoms with van der Waals surface area (Å²) in [5, 5.41) is 6.38. The van der Waals surface area contributed by atoms with Crippen molar-refractivity contribution in [3.05, 3.63) is 65.3 Å². The Hall–Kier alpha value is -3.13. The van der Waals surface area contributed by atoms with Crippen LogP contribution in [-0.2, 0) is 9.53 Å². The zero-order valence-electron chi connectivity index (χ0n) is 14.1. The second kappa shape index (κ2) is 7.40. The molecule has 0 aliphatic carbocycles. The molecular weight excluding hydrogens is 356 g/mol. The SMILES string of the molecule is COC(=O)C1=C(C)NC(=S)N[C@H]1c1ccc(OC(=O)c2ccco2)cc1. The average Bonchev–Trinajstić information content (AvgIpc) is 3.16. The number of esters is 2. The van der Waals surface area contributed by atoms with E-state index < -0.39 is 18.0 Å². The van der Waals surface area contributed by atoms with Gasteiger partial charge in [-0.25, -0.2) is 9.59 Å². The van der Waals surface area contributed by atoms with Crippen molar-refractivity contribution >= 4 is 29.3 Å². The quantitative estimate of drug-likeness (QED) is 0.481. The topological polar surface area (TPSA) is 89.8 Å². The van der Waals surface area contributed by atoms with E-state index in [0.29, 0.717) is 22.1 Å². The highest BCUT2D eigenvalue weighted by atomic mass is 32.1. The van der Waals surface area contributed by atoms with Gasteiger partial charge in [-0.1, -0.05) is 12.1 Å². The maximum atomic E-state index is 12.1. The molecule has 2 heterocycles. The summed E-state index contributed by atoms with van der Waals surface area (Å²) in [4.78, 5) is 24.0. The second-order valence-corrected chi connectivity index (χ2v) is 5.91. The molecule has 7 nitrogen and oxygen atoms in total. The fourth-order valence-corrected chi connectivity index (χ4v) is 2.88. The average molecular weight is 372 g/mol. The van der Waals surface area contributed by atoms with Gasteiger partial charge in [0.25, 0.3) is 0 Å². The number of hydrogen-bond donors (Lipinski definition) is 2. The molecular formula is C18H16N2O5S. The predicted octanol–water partition coefficient (Wildman–Crippen LogP) is 2.46. The largest absolute Gasteiger partial charge is 0.466 e. The van der Waals surface area contributed by atoms with E-state index in [4.69, 9.17) is 26.1 Å². The van der Waals surface area contributed by atoms with Crippen molar-refractivity contribution in [2.45, 2.75) is 13.0 Å². The summed E-state index contributed by atoms with van der Waals surface area (Å²) in [6.45, 7) is 1.76. The number of rotatable bonds is 4. The number of nitrogens with one attached hydrogen (secondary N) is 2. The third-order valence-electron chi connectivity index (χ3n) is 3.82. The molecule has 0 saturated heterocycles. The summed E-state index contributed by atoms with van der Waals surface area (Å²) in [7, 11) is 1.32. The molecule has 0 amide bonds. The molecule has 1 atom stereocenters. The van der Waals surface area contributed by atoms with Gasteiger partial charge in [0, 0.05) is 5.70 Å². The first-order valence-electron chi connectivity index (χ1n) is 7.72. The number of carbonyl (C=O) groups is 2. The minimum absolute atomic E-state index is 0.117. The predicted molar refractivity (Wildman–Crippen MR) is 96.4 cm³/mol. The van der Waals surface area contributed by atoms with Gasteiger partial charge in [0.1, 0.15) is 5.75 Å². The number of thiocarbonyl (C=S) groups is 1. The van der Waals surface area contributed by atoms with Crippen molar-refractivity contribution in [3.63, 3.8) is 0 Å². The molecule has 0 radical (unpaired) electrons. The highest BCUT2D eigenvalue weighted by Crippen LogP contribution is 2.28. The Kier molecular flexibility index (Phi) is 5.04. The van der Waals surface area contributed by atoms with Crippen LogP contribution in [0, 0.1) is 0 Å². The molecule has 0 fully saturated rings. The summed E-state index contributed by atoms with van der Waals surface area (Å²) >= 11 is 5.18. The third kappa shape index (κ3) is 3.60. The van der Waals surface area contributed by atoms with Crippen LogP contribution in [0.5, 0.6) is 5.75 Å². The third-order valence-corrected chi connectivity index (χ3v) is 4.04. The van der Waals surface area contributed by atoms with Gasteiger partial charge in [-0.3, -0.25) is 0 Å². The first-order valence-corrected chi connectivity index (χ1v) is 8.12. The van der Waals surface area contributed by atoms with Crippen molar-refractivity contribution in [1.82, 2.24) is 10.6 Å². The Balaban J connectivity index is 1.82. The van der Waals surface area contributed by atoms with Gasteiger partial charge in [0.05, 0.1) is 25.0 Å². The lowest BCUT2D eigenvalue weighted by atomic mass is 9.95. The molecule has 1 aromatic carbocycles. The minimum Gasteiger partial charge on any atom is -0.466 e. The molecule has 2 aromatic rings. The Labute approximate surface area is 155 Å². The number of carbonyl (C=O) groups excluding carboxylic acids is 2. The van der Waals surface area contributed by atoms with Crippen molar-refractivity contribution < 1.29 is 23.5 Å². The van der Waals surface area contributed by atoms with E-state index >= 15 is 0 Å². The molecule has 26 heavy (non-hydrogen) atoms. The fraction of sp³-hybridized carbons (Fsp3) is 0.167. The monoisotopic (exact) mass is 372 g/mol. The summed E-state index contributed by atoms with van der Waals surface area (Å²) in [5.74, 6) is -0.573. The zero-order chi connectivity index (χ0) is 18.7. The highest BCUT2D eigenvalue weighted by Gasteiger charge is 2.30. The van der Waals surface area contributed by atoms with Gasteiger partial charge in [0.15, 0.2) is 5.11 Å². The highest BCUT2D eigenvalue weighted by molar-refractivity contribution is 7.80. The smallest absolute Gasteiger partial charge is 0.379 e. The minimum atomic E-state index is -0.588. The van der Waals surface area contributed by atoms with Crippen molar-refractivity contribution in [1.29, 1.82) is 0 Å². The molecule has 8 heteroatoms. The maximum absolute atomic E-state index is 12.1. The molecule has 2 N–H and O–H groups in total. The standard InChI is InChI=1S/C18H16N2O5S/c1-10-14(17(22)23-2)15(20-18(26)19-10)11-5-7-12(8-6-11)25-16(21)13-4-3-9-24-13/h3-9,15H,1-2H3,(H2,19,20,26)/t15-/m0/s1. The van der Waals surface area contributed by atoms with E-state index in [1.54, 1.807) is 37.3 Å². The molecule has 0 saturated carbocycles. The van der Waals surface area contributed by atoms with Gasteiger partial charge in [-0.15, -0.1) is 0 Å². The summed E-state index contributed by atoms with van der Waals surface area (Å²) in [6, 6.07) is 9.41. The summed E-state index contributed by atoms with van der Waals surface area (Å²) < 4.78 is 15.1. The van der Waals surface area contributed by atoms with Gasteiger partial charge < -0.3 is 24.5 Å². The molecule has 0 bridgehead atoms. The molecule has 1 aliphatic heterocycles. The molecule has 0 unspecified atom stereocenters. The van der Waals surface area contributed by atoms with Crippen LogP contribution in [0.15, 0.2) is 58.3 Å². The lowest BCUT2D eigenvalue weighted by molar-refractivity contribution is -0.136. The lowest BCUT2D eigenvalue weighted by Gasteiger charge is -2.29. The van der Waals surface area contributed by atoms with Gasteiger partial charge >= 0.3 is 11.9 Å². The van der Waals surface area contributed by atoms with Crippen molar-refractivity contribution in [3.8, 4) is 5.75 Å². The Morgan fingerprint density at radius 2 is 1.88 bits per heavy atom. The van der Waals surface area contributed by atoms with Crippen LogP contribution in [0.25, 0.3) is 0 Å². The number of furan rings is 1. The molecule has 134 valence electrons. The molecule has 1 aliphatic rings. The normalized spacial score (nSPS) is 16.5. The van der Waals surface area contributed by atoms with E-state index in [0.717, 1.165) is 5.56 Å².